The lowest BCUT2D eigenvalue weighted by Gasteiger charge is -2.11. The maximum atomic E-state index is 11.1. The van der Waals surface area contributed by atoms with Gasteiger partial charge in [-0.15, -0.1) is 11.6 Å². The molecule has 0 heterocycles. The van der Waals surface area contributed by atoms with E-state index in [1.807, 2.05) is 0 Å². The molecule has 14 heavy (non-hydrogen) atoms. The Morgan fingerprint density at radius 3 is 2.64 bits per heavy atom. The maximum Gasteiger partial charge on any atom is 0.152 e. The van der Waals surface area contributed by atoms with E-state index < -0.39 is 5.38 Å². The summed E-state index contributed by atoms with van der Waals surface area (Å²) in [5.74, 6) is 0.442. The predicted octanol–water partition coefficient (Wildman–Crippen LogP) is 3.22. The summed E-state index contributed by atoms with van der Waals surface area (Å²) in [4.78, 5) is 11.1. The molecule has 0 aliphatic heterocycles. The molecule has 1 aromatic rings. The molecule has 2 nitrogen and oxygen atoms in total. The van der Waals surface area contributed by atoms with E-state index in [4.69, 9.17) is 27.9 Å². The van der Waals surface area contributed by atoms with Crippen molar-refractivity contribution in [3.63, 3.8) is 0 Å². The Balaban J connectivity index is 3.16. The summed E-state index contributed by atoms with van der Waals surface area (Å²) in [6.07, 6.45) is 0. The summed E-state index contributed by atoms with van der Waals surface area (Å²) in [7, 11) is 1.52. The zero-order valence-electron chi connectivity index (χ0n) is 7.88. The van der Waals surface area contributed by atoms with Crippen molar-refractivity contribution in [2.24, 2.45) is 0 Å². The number of rotatable bonds is 3. The van der Waals surface area contributed by atoms with Gasteiger partial charge in [0, 0.05) is 10.6 Å². The molecular formula is C10H10Cl2O2. The molecule has 1 atom stereocenters. The van der Waals surface area contributed by atoms with Crippen LogP contribution in [0.1, 0.15) is 17.9 Å². The highest BCUT2D eigenvalue weighted by molar-refractivity contribution is 6.32. The first kappa shape index (κ1) is 11.3. The highest BCUT2D eigenvalue weighted by Gasteiger charge is 2.17. The van der Waals surface area contributed by atoms with E-state index in [1.165, 1.54) is 14.0 Å². The minimum absolute atomic E-state index is 0.132. The van der Waals surface area contributed by atoms with Gasteiger partial charge in [-0.25, -0.2) is 0 Å². The Hall–Kier alpha value is -0.730. The topological polar surface area (TPSA) is 26.3 Å². The largest absolute Gasteiger partial charge is 0.496 e. The molecule has 0 radical (unpaired) electrons. The molecule has 0 aliphatic carbocycles. The molecule has 0 aliphatic rings. The lowest BCUT2D eigenvalue weighted by atomic mass is 10.1. The van der Waals surface area contributed by atoms with Crippen LogP contribution in [0.25, 0.3) is 0 Å². The third kappa shape index (κ3) is 2.40. The van der Waals surface area contributed by atoms with Crippen molar-refractivity contribution >= 4 is 29.0 Å². The van der Waals surface area contributed by atoms with E-state index in [9.17, 15) is 4.79 Å². The molecule has 0 bridgehead atoms. The van der Waals surface area contributed by atoms with Crippen LogP contribution < -0.4 is 4.74 Å². The maximum absolute atomic E-state index is 11.1. The van der Waals surface area contributed by atoms with Crippen LogP contribution in [-0.4, -0.2) is 12.9 Å². The first-order valence-electron chi connectivity index (χ1n) is 4.04. The Morgan fingerprint density at radius 2 is 2.14 bits per heavy atom. The molecule has 0 N–H and O–H groups in total. The second kappa shape index (κ2) is 4.67. The molecule has 0 saturated carbocycles. The fraction of sp³-hybridized carbons (Fsp3) is 0.300. The van der Waals surface area contributed by atoms with Crippen LogP contribution in [0, 0.1) is 0 Å². The number of ketones is 1. The minimum Gasteiger partial charge on any atom is -0.496 e. The molecule has 0 fully saturated rings. The van der Waals surface area contributed by atoms with Crippen LogP contribution in [0.4, 0.5) is 0 Å². The third-order valence-electron chi connectivity index (χ3n) is 1.82. The summed E-state index contributed by atoms with van der Waals surface area (Å²) >= 11 is 11.7. The van der Waals surface area contributed by atoms with Gasteiger partial charge in [-0.05, 0) is 25.1 Å². The van der Waals surface area contributed by atoms with Gasteiger partial charge >= 0.3 is 0 Å². The van der Waals surface area contributed by atoms with Gasteiger partial charge in [0.2, 0.25) is 0 Å². The Labute approximate surface area is 92.8 Å². The highest BCUT2D eigenvalue weighted by atomic mass is 35.5. The van der Waals surface area contributed by atoms with Crippen molar-refractivity contribution in [2.45, 2.75) is 12.3 Å². The number of methoxy groups -OCH3 is 1. The van der Waals surface area contributed by atoms with Crippen LogP contribution in [-0.2, 0) is 4.79 Å². The first-order valence-corrected chi connectivity index (χ1v) is 4.85. The molecule has 0 saturated heterocycles. The molecular weight excluding hydrogens is 223 g/mol. The molecule has 0 aromatic heterocycles. The summed E-state index contributed by atoms with van der Waals surface area (Å²) < 4.78 is 5.08. The van der Waals surface area contributed by atoms with Crippen molar-refractivity contribution in [3.8, 4) is 5.75 Å². The normalized spacial score (nSPS) is 12.3. The van der Waals surface area contributed by atoms with Gasteiger partial charge in [-0.1, -0.05) is 11.6 Å². The van der Waals surface area contributed by atoms with Gasteiger partial charge in [0.05, 0.1) is 7.11 Å². The van der Waals surface area contributed by atoms with Crippen molar-refractivity contribution in [3.05, 3.63) is 28.8 Å². The summed E-state index contributed by atoms with van der Waals surface area (Å²) in [5.41, 5.74) is 0.606. The van der Waals surface area contributed by atoms with Crippen molar-refractivity contribution in [1.29, 1.82) is 0 Å². The molecule has 0 amide bonds. The Morgan fingerprint density at radius 1 is 1.50 bits per heavy atom. The van der Waals surface area contributed by atoms with Crippen molar-refractivity contribution in [1.82, 2.24) is 0 Å². The number of carbonyl (C=O) groups is 1. The number of hydrogen-bond acceptors (Lipinski definition) is 2. The second-order valence-corrected chi connectivity index (χ2v) is 3.73. The second-order valence-electron chi connectivity index (χ2n) is 2.86. The highest BCUT2D eigenvalue weighted by Crippen LogP contribution is 2.32. The molecule has 1 rings (SSSR count). The van der Waals surface area contributed by atoms with Crippen molar-refractivity contribution < 1.29 is 9.53 Å². The molecule has 76 valence electrons. The standard InChI is InChI=1S/C10H10Cl2O2/c1-6(13)10(12)8-5-7(11)3-4-9(8)14-2/h3-5,10H,1-2H3. The van der Waals surface area contributed by atoms with Crippen LogP contribution in [0.2, 0.25) is 5.02 Å². The summed E-state index contributed by atoms with van der Waals surface area (Å²) in [6, 6.07) is 5.02. The van der Waals surface area contributed by atoms with Crippen molar-refractivity contribution in [2.75, 3.05) is 7.11 Å². The SMILES string of the molecule is COc1ccc(Cl)cc1C(Cl)C(C)=O. The van der Waals surface area contributed by atoms with Gasteiger partial charge in [0.15, 0.2) is 5.78 Å². The van der Waals surface area contributed by atoms with Gasteiger partial charge in [-0.3, -0.25) is 4.79 Å². The van der Waals surface area contributed by atoms with E-state index in [0.29, 0.717) is 16.3 Å². The molecule has 0 spiro atoms. The Kier molecular flexibility index (Phi) is 3.78. The van der Waals surface area contributed by atoms with Crippen LogP contribution in [0.5, 0.6) is 5.75 Å². The van der Waals surface area contributed by atoms with Crippen LogP contribution in [0.15, 0.2) is 18.2 Å². The average molecular weight is 233 g/mol. The zero-order valence-corrected chi connectivity index (χ0v) is 9.39. The van der Waals surface area contributed by atoms with Crippen LogP contribution in [0.3, 0.4) is 0 Å². The zero-order chi connectivity index (χ0) is 10.7. The van der Waals surface area contributed by atoms with Gasteiger partial charge in [0.1, 0.15) is 11.1 Å². The number of halogens is 2. The molecule has 4 heteroatoms. The number of benzene rings is 1. The van der Waals surface area contributed by atoms with Crippen LogP contribution >= 0.6 is 23.2 Å². The fourth-order valence-corrected chi connectivity index (χ4v) is 1.47. The number of Topliss-reactive ketones (excluding diaryl/α,β-unsaturated/α-hetero) is 1. The van der Waals surface area contributed by atoms with E-state index in [2.05, 4.69) is 0 Å². The summed E-state index contributed by atoms with van der Waals surface area (Å²) in [6.45, 7) is 1.43. The smallest absolute Gasteiger partial charge is 0.152 e. The lowest BCUT2D eigenvalue weighted by molar-refractivity contribution is -0.116. The van der Waals surface area contributed by atoms with Gasteiger partial charge in [-0.2, -0.15) is 0 Å². The predicted molar refractivity (Wildman–Crippen MR) is 57.3 cm³/mol. The van der Waals surface area contributed by atoms with E-state index in [0.717, 1.165) is 0 Å². The van der Waals surface area contributed by atoms with Gasteiger partial charge in [0.25, 0.3) is 0 Å². The van der Waals surface area contributed by atoms with E-state index >= 15 is 0 Å². The first-order chi connectivity index (χ1) is 6.56. The number of hydrogen-bond donors (Lipinski definition) is 0. The number of alkyl halides is 1. The van der Waals surface area contributed by atoms with E-state index in [1.54, 1.807) is 18.2 Å². The van der Waals surface area contributed by atoms with Gasteiger partial charge < -0.3 is 4.74 Å². The van der Waals surface area contributed by atoms with E-state index in [-0.39, 0.29) is 5.78 Å². The molecule has 1 aromatic carbocycles. The molecule has 1 unspecified atom stereocenters. The number of ether oxygens (including phenoxy) is 1. The minimum atomic E-state index is -0.705. The third-order valence-corrected chi connectivity index (χ3v) is 2.60. The lowest BCUT2D eigenvalue weighted by Crippen LogP contribution is -2.03. The summed E-state index contributed by atoms with van der Waals surface area (Å²) in [5, 5.41) is -0.170. The quantitative estimate of drug-likeness (QED) is 0.749. The Bertz CT molecular complexity index is 350. The number of carbonyl (C=O) groups excluding carboxylic acids is 1. The fourth-order valence-electron chi connectivity index (χ4n) is 1.12. The average Bonchev–Trinajstić information content (AvgIpc) is 2.16. The monoisotopic (exact) mass is 232 g/mol.